The number of nitrogens with zero attached hydrogens (tertiary/aromatic N) is 6. The molecule has 0 unspecified atom stereocenters. The van der Waals surface area contributed by atoms with Crippen molar-refractivity contribution >= 4 is 33.0 Å². The summed E-state index contributed by atoms with van der Waals surface area (Å²) < 4.78 is 28.8. The van der Waals surface area contributed by atoms with Crippen molar-refractivity contribution in [3.63, 3.8) is 0 Å². The van der Waals surface area contributed by atoms with E-state index in [-0.39, 0.29) is 0 Å². The lowest BCUT2D eigenvalue weighted by Gasteiger charge is -2.33. The predicted molar refractivity (Wildman–Crippen MR) is 103 cm³/mol. The Morgan fingerprint density at radius 3 is 2.48 bits per heavy atom. The van der Waals surface area contributed by atoms with E-state index in [1.165, 1.54) is 15.6 Å². The molecule has 0 aliphatic carbocycles. The number of aromatic nitrogens is 4. The molecule has 4 rings (SSSR count). The predicted octanol–water partition coefficient (Wildman–Crippen LogP) is 1.88. The molecule has 142 valence electrons. The summed E-state index contributed by atoms with van der Waals surface area (Å²) in [6, 6.07) is 10.7. The summed E-state index contributed by atoms with van der Waals surface area (Å²) in [7, 11) is -3.39. The van der Waals surface area contributed by atoms with Crippen molar-refractivity contribution in [1.29, 1.82) is 0 Å². The summed E-state index contributed by atoms with van der Waals surface area (Å²) in [6.07, 6.45) is 0. The fourth-order valence-corrected chi connectivity index (χ4v) is 5.65. The van der Waals surface area contributed by atoms with Gasteiger partial charge in [-0.1, -0.05) is 17.7 Å². The van der Waals surface area contributed by atoms with E-state index in [9.17, 15) is 8.42 Å². The van der Waals surface area contributed by atoms with E-state index in [2.05, 4.69) is 20.4 Å². The molecule has 1 aliphatic heterocycles. The number of tetrazole rings is 1. The molecular formula is C16H17ClN6O2S2. The molecule has 0 N–H and O–H groups in total. The lowest BCUT2D eigenvalue weighted by atomic mass is 10.3. The van der Waals surface area contributed by atoms with Gasteiger partial charge in [-0.2, -0.15) is 8.99 Å². The molecule has 0 atom stereocenters. The number of rotatable bonds is 5. The van der Waals surface area contributed by atoms with Crippen LogP contribution in [0.25, 0.3) is 5.69 Å². The van der Waals surface area contributed by atoms with E-state index >= 15 is 0 Å². The van der Waals surface area contributed by atoms with Crippen LogP contribution < -0.4 is 0 Å². The summed E-state index contributed by atoms with van der Waals surface area (Å²) in [6.45, 7) is 2.68. The van der Waals surface area contributed by atoms with Gasteiger partial charge in [-0.15, -0.1) is 16.4 Å². The first kappa shape index (κ1) is 18.5. The first-order chi connectivity index (χ1) is 13.0. The molecule has 0 spiro atoms. The molecule has 3 aromatic rings. The molecule has 0 radical (unpaired) electrons. The lowest BCUT2D eigenvalue weighted by molar-refractivity contribution is 0.177. The van der Waals surface area contributed by atoms with Crippen LogP contribution in [0, 0.1) is 0 Å². The summed E-state index contributed by atoms with van der Waals surface area (Å²) in [4.78, 5) is 2.15. The van der Waals surface area contributed by atoms with Crippen LogP contribution in [-0.4, -0.2) is 64.0 Å². The maximum atomic E-state index is 12.6. The van der Waals surface area contributed by atoms with Crippen molar-refractivity contribution < 1.29 is 8.42 Å². The zero-order valence-electron chi connectivity index (χ0n) is 14.3. The maximum Gasteiger partial charge on any atom is 0.252 e. The van der Waals surface area contributed by atoms with Crippen molar-refractivity contribution in [1.82, 2.24) is 29.4 Å². The van der Waals surface area contributed by atoms with E-state index in [4.69, 9.17) is 11.6 Å². The highest BCUT2D eigenvalue weighted by Gasteiger charge is 2.29. The number of thiophene rings is 1. The van der Waals surface area contributed by atoms with Gasteiger partial charge in [0.2, 0.25) is 0 Å². The van der Waals surface area contributed by atoms with E-state index in [1.807, 2.05) is 12.1 Å². The molecule has 1 saturated heterocycles. The highest BCUT2D eigenvalue weighted by Crippen LogP contribution is 2.22. The van der Waals surface area contributed by atoms with Crippen LogP contribution in [0.4, 0.5) is 0 Å². The first-order valence-corrected chi connectivity index (χ1v) is 11.0. The summed E-state index contributed by atoms with van der Waals surface area (Å²) in [5.74, 6) is 0.701. The first-order valence-electron chi connectivity index (χ1n) is 8.33. The van der Waals surface area contributed by atoms with E-state index < -0.39 is 10.0 Å². The quantitative estimate of drug-likeness (QED) is 0.621. The van der Waals surface area contributed by atoms with Crippen molar-refractivity contribution in [2.75, 3.05) is 26.2 Å². The van der Waals surface area contributed by atoms with Crippen LogP contribution in [0.15, 0.2) is 46.0 Å². The molecule has 0 amide bonds. The largest absolute Gasteiger partial charge is 0.293 e. The van der Waals surface area contributed by atoms with Crippen LogP contribution in [-0.2, 0) is 16.6 Å². The van der Waals surface area contributed by atoms with Crippen LogP contribution in [0.3, 0.4) is 0 Å². The van der Waals surface area contributed by atoms with E-state index in [0.717, 1.165) is 5.69 Å². The lowest BCUT2D eigenvalue weighted by Crippen LogP contribution is -2.48. The molecule has 0 bridgehead atoms. The SMILES string of the molecule is O=S(=O)(c1cccs1)N1CCN(Cc2nnnn2-c2ccc(Cl)cc2)CC1. The van der Waals surface area contributed by atoms with Gasteiger partial charge in [-0.25, -0.2) is 8.42 Å². The monoisotopic (exact) mass is 424 g/mol. The van der Waals surface area contributed by atoms with Gasteiger partial charge in [0.25, 0.3) is 10.0 Å². The third-order valence-electron chi connectivity index (χ3n) is 4.39. The van der Waals surface area contributed by atoms with Crippen LogP contribution >= 0.6 is 22.9 Å². The molecule has 1 aromatic carbocycles. The summed E-state index contributed by atoms with van der Waals surface area (Å²) in [5.41, 5.74) is 0.832. The highest BCUT2D eigenvalue weighted by molar-refractivity contribution is 7.91. The Kier molecular flexibility index (Phi) is 5.24. The smallest absolute Gasteiger partial charge is 0.252 e. The van der Waals surface area contributed by atoms with Gasteiger partial charge in [-0.3, -0.25) is 4.90 Å². The van der Waals surface area contributed by atoms with Crippen molar-refractivity contribution in [2.45, 2.75) is 10.8 Å². The molecule has 27 heavy (non-hydrogen) atoms. The van der Waals surface area contributed by atoms with E-state index in [1.54, 1.807) is 34.3 Å². The van der Waals surface area contributed by atoms with Gasteiger partial charge in [0, 0.05) is 31.2 Å². The third-order valence-corrected chi connectivity index (χ3v) is 7.91. The average Bonchev–Trinajstić information content (AvgIpc) is 3.35. The molecule has 11 heteroatoms. The second kappa shape index (κ2) is 7.64. The molecule has 1 fully saturated rings. The standard InChI is InChI=1S/C16H17ClN6O2S2/c17-13-3-5-14(6-4-13)23-15(18-19-20-23)12-21-7-9-22(10-8-21)27(24,25)16-2-1-11-26-16/h1-6,11H,7-10,12H2. The topological polar surface area (TPSA) is 84.2 Å². The summed E-state index contributed by atoms with van der Waals surface area (Å²) in [5, 5.41) is 14.4. The average molecular weight is 425 g/mol. The highest BCUT2D eigenvalue weighted by atomic mass is 35.5. The number of hydrogen-bond donors (Lipinski definition) is 0. The van der Waals surface area contributed by atoms with Gasteiger partial charge in [0.15, 0.2) is 5.82 Å². The Hall–Kier alpha value is -1.85. The minimum atomic E-state index is -3.39. The number of piperazine rings is 1. The Morgan fingerprint density at radius 1 is 1.07 bits per heavy atom. The number of benzene rings is 1. The Bertz CT molecular complexity index is 996. The molecule has 8 nitrogen and oxygen atoms in total. The summed E-state index contributed by atoms with van der Waals surface area (Å²) >= 11 is 7.18. The second-order valence-corrected chi connectivity index (χ2v) is 9.64. The molecule has 1 aliphatic rings. The Labute approximate surface area is 166 Å². The van der Waals surface area contributed by atoms with Gasteiger partial charge in [-0.05, 0) is 46.1 Å². The van der Waals surface area contributed by atoms with Crippen LogP contribution in [0.5, 0.6) is 0 Å². The van der Waals surface area contributed by atoms with Gasteiger partial charge in [0.05, 0.1) is 12.2 Å². The minimum absolute atomic E-state index is 0.391. The minimum Gasteiger partial charge on any atom is -0.293 e. The van der Waals surface area contributed by atoms with Gasteiger partial charge < -0.3 is 0 Å². The fourth-order valence-electron chi connectivity index (χ4n) is 2.95. The van der Waals surface area contributed by atoms with Gasteiger partial charge >= 0.3 is 0 Å². The zero-order chi connectivity index (χ0) is 18.9. The van der Waals surface area contributed by atoms with Crippen molar-refractivity contribution in [3.05, 3.63) is 52.6 Å². The third kappa shape index (κ3) is 3.90. The van der Waals surface area contributed by atoms with Crippen LogP contribution in [0.2, 0.25) is 5.02 Å². The molecule has 2 aromatic heterocycles. The number of hydrogen-bond acceptors (Lipinski definition) is 7. The normalized spacial score (nSPS) is 16.6. The molecular weight excluding hydrogens is 408 g/mol. The van der Waals surface area contributed by atoms with E-state index in [0.29, 0.717) is 47.8 Å². The van der Waals surface area contributed by atoms with Crippen molar-refractivity contribution in [2.24, 2.45) is 0 Å². The Morgan fingerprint density at radius 2 is 1.81 bits per heavy atom. The van der Waals surface area contributed by atoms with Crippen LogP contribution in [0.1, 0.15) is 5.82 Å². The fraction of sp³-hybridized carbons (Fsp3) is 0.312. The zero-order valence-corrected chi connectivity index (χ0v) is 16.7. The molecule has 3 heterocycles. The number of sulfonamides is 1. The second-order valence-electron chi connectivity index (χ2n) is 6.10. The number of halogens is 1. The molecule has 0 saturated carbocycles. The van der Waals surface area contributed by atoms with Gasteiger partial charge in [0.1, 0.15) is 4.21 Å². The van der Waals surface area contributed by atoms with Crippen molar-refractivity contribution in [3.8, 4) is 5.69 Å². The maximum absolute atomic E-state index is 12.6. The Balaban J connectivity index is 1.42.